The minimum Gasteiger partial charge on any atom is -0.458 e. The number of hydrogen-bond donors (Lipinski definition) is 0. The molecule has 19 heavy (non-hydrogen) atoms. The minimum absolute atomic E-state index is 0.135. The first-order chi connectivity index (χ1) is 9.15. The van der Waals surface area contributed by atoms with Crippen molar-refractivity contribution >= 4 is 23.7 Å². The smallest absolute Gasteiger partial charge is 0.338 e. The van der Waals surface area contributed by atoms with Crippen molar-refractivity contribution in [2.45, 2.75) is 17.8 Å². The molecule has 1 saturated heterocycles. The van der Waals surface area contributed by atoms with Gasteiger partial charge < -0.3 is 14.2 Å². The van der Waals surface area contributed by atoms with Crippen LogP contribution in [0.15, 0.2) is 30.3 Å². The monoisotopic (exact) mass is 282 g/mol. The molecule has 1 aromatic rings. The number of esters is 2. The number of hydrogen-bond acceptors (Lipinski definition) is 6. The summed E-state index contributed by atoms with van der Waals surface area (Å²) in [5.74, 6) is -0.733. The highest BCUT2D eigenvalue weighted by Crippen LogP contribution is 2.28. The quantitative estimate of drug-likeness (QED) is 0.785. The molecular formula is C13H14O5S. The normalized spacial score (nSPS) is 21.9. The van der Waals surface area contributed by atoms with Gasteiger partial charge in [-0.2, -0.15) is 0 Å². The largest absolute Gasteiger partial charge is 0.458 e. The summed E-state index contributed by atoms with van der Waals surface area (Å²) in [6, 6.07) is 8.75. The Bertz CT molecular complexity index is 448. The lowest BCUT2D eigenvalue weighted by Gasteiger charge is -2.10. The summed E-state index contributed by atoms with van der Waals surface area (Å²) in [7, 11) is 0. The number of thioether (sulfide) groups is 1. The molecule has 102 valence electrons. The van der Waals surface area contributed by atoms with Crippen LogP contribution in [-0.2, 0) is 19.0 Å². The van der Waals surface area contributed by atoms with Crippen molar-refractivity contribution in [3.05, 3.63) is 35.9 Å². The SMILES string of the molecule is CC(=O)O[C@H]1CO[C@H](COC(=O)c2ccccc2)S1. The van der Waals surface area contributed by atoms with Gasteiger partial charge in [-0.05, 0) is 12.1 Å². The first kappa shape index (κ1) is 13.9. The van der Waals surface area contributed by atoms with Gasteiger partial charge in [-0.15, -0.1) is 0 Å². The summed E-state index contributed by atoms with van der Waals surface area (Å²) in [5.41, 5.74) is -0.114. The molecule has 6 heteroatoms. The number of carbonyl (C=O) groups excluding carboxylic acids is 2. The van der Waals surface area contributed by atoms with Crippen LogP contribution in [-0.4, -0.2) is 36.0 Å². The van der Waals surface area contributed by atoms with E-state index in [1.165, 1.54) is 18.7 Å². The number of carbonyl (C=O) groups is 2. The van der Waals surface area contributed by atoms with Crippen molar-refractivity contribution in [2.75, 3.05) is 13.2 Å². The molecule has 0 aliphatic carbocycles. The molecular weight excluding hydrogens is 268 g/mol. The van der Waals surface area contributed by atoms with Crippen LogP contribution in [0, 0.1) is 0 Å². The van der Waals surface area contributed by atoms with E-state index in [4.69, 9.17) is 14.2 Å². The van der Waals surface area contributed by atoms with E-state index < -0.39 is 0 Å². The first-order valence-electron chi connectivity index (χ1n) is 5.81. The molecule has 1 aliphatic heterocycles. The molecule has 0 spiro atoms. The maximum absolute atomic E-state index is 11.7. The minimum atomic E-state index is -0.388. The van der Waals surface area contributed by atoms with Crippen LogP contribution in [0.2, 0.25) is 0 Å². The Kier molecular flexibility index (Phi) is 4.81. The van der Waals surface area contributed by atoms with Crippen molar-refractivity contribution < 1.29 is 23.8 Å². The predicted molar refractivity (Wildman–Crippen MR) is 69.6 cm³/mol. The molecule has 2 rings (SSSR count). The van der Waals surface area contributed by atoms with E-state index in [1.807, 2.05) is 6.07 Å². The maximum atomic E-state index is 11.7. The third-order valence-corrected chi connectivity index (χ3v) is 3.49. The summed E-state index contributed by atoms with van der Waals surface area (Å²) in [6.07, 6.45) is 0. The van der Waals surface area contributed by atoms with E-state index in [9.17, 15) is 9.59 Å². The first-order valence-corrected chi connectivity index (χ1v) is 6.76. The molecule has 1 aliphatic rings. The number of benzene rings is 1. The molecule has 0 bridgehead atoms. The molecule has 1 aromatic carbocycles. The van der Waals surface area contributed by atoms with E-state index in [0.717, 1.165) is 0 Å². The van der Waals surface area contributed by atoms with Crippen molar-refractivity contribution in [1.82, 2.24) is 0 Å². The van der Waals surface area contributed by atoms with Crippen LogP contribution in [0.4, 0.5) is 0 Å². The van der Waals surface area contributed by atoms with Crippen LogP contribution < -0.4 is 0 Å². The molecule has 5 nitrogen and oxygen atoms in total. The van der Waals surface area contributed by atoms with Crippen molar-refractivity contribution in [1.29, 1.82) is 0 Å². The van der Waals surface area contributed by atoms with E-state index in [1.54, 1.807) is 24.3 Å². The van der Waals surface area contributed by atoms with Crippen molar-refractivity contribution in [3.63, 3.8) is 0 Å². The van der Waals surface area contributed by atoms with Crippen molar-refractivity contribution in [3.8, 4) is 0 Å². The van der Waals surface area contributed by atoms with Gasteiger partial charge in [0.05, 0.1) is 12.2 Å². The fourth-order valence-corrected chi connectivity index (χ4v) is 2.56. The standard InChI is InChI=1S/C13H14O5S/c1-9(14)18-12-8-16-11(19-12)7-17-13(15)10-5-3-2-4-6-10/h2-6,11-12H,7-8H2,1H3/t11-,12+/m0/s1. The van der Waals surface area contributed by atoms with Crippen LogP contribution in [0.25, 0.3) is 0 Å². The fraction of sp³-hybridized carbons (Fsp3) is 0.385. The Hall–Kier alpha value is -1.53. The van der Waals surface area contributed by atoms with Gasteiger partial charge in [0.1, 0.15) is 12.0 Å². The molecule has 0 amide bonds. The average Bonchev–Trinajstić information content (AvgIpc) is 2.84. The molecule has 2 atom stereocenters. The second-order valence-corrected chi connectivity index (χ2v) is 5.23. The summed E-state index contributed by atoms with van der Waals surface area (Å²) in [5, 5.41) is 0. The van der Waals surface area contributed by atoms with Gasteiger partial charge in [-0.25, -0.2) is 4.79 Å². The van der Waals surface area contributed by atoms with E-state index in [2.05, 4.69) is 0 Å². The molecule has 0 saturated carbocycles. The Balaban J connectivity index is 1.75. The summed E-state index contributed by atoms with van der Waals surface area (Å²) >= 11 is 1.33. The summed E-state index contributed by atoms with van der Waals surface area (Å²) in [6.45, 7) is 1.80. The van der Waals surface area contributed by atoms with Gasteiger partial charge in [0.2, 0.25) is 0 Å². The van der Waals surface area contributed by atoms with Gasteiger partial charge >= 0.3 is 11.9 Å². The molecule has 0 radical (unpaired) electrons. The average molecular weight is 282 g/mol. The van der Waals surface area contributed by atoms with E-state index >= 15 is 0 Å². The van der Waals surface area contributed by atoms with Crippen LogP contribution in [0.3, 0.4) is 0 Å². The second kappa shape index (κ2) is 6.58. The van der Waals surface area contributed by atoms with Gasteiger partial charge in [-0.3, -0.25) is 4.79 Å². The lowest BCUT2D eigenvalue weighted by molar-refractivity contribution is -0.143. The third-order valence-electron chi connectivity index (χ3n) is 2.38. The lowest BCUT2D eigenvalue weighted by atomic mass is 10.2. The van der Waals surface area contributed by atoms with Crippen LogP contribution in [0.5, 0.6) is 0 Å². The van der Waals surface area contributed by atoms with Crippen LogP contribution >= 0.6 is 11.8 Å². The summed E-state index contributed by atoms with van der Waals surface area (Å²) < 4.78 is 15.5. The molecule has 1 heterocycles. The highest BCUT2D eigenvalue weighted by atomic mass is 32.2. The molecule has 1 fully saturated rings. The molecule has 0 unspecified atom stereocenters. The topological polar surface area (TPSA) is 61.8 Å². The third kappa shape index (κ3) is 4.25. The lowest BCUT2D eigenvalue weighted by Crippen LogP contribution is -2.15. The van der Waals surface area contributed by atoms with E-state index in [0.29, 0.717) is 12.2 Å². The predicted octanol–water partition coefficient (Wildman–Crippen LogP) is 1.82. The summed E-state index contributed by atoms with van der Waals surface area (Å²) in [4.78, 5) is 22.5. The molecule has 0 aromatic heterocycles. The number of ether oxygens (including phenoxy) is 3. The van der Waals surface area contributed by atoms with Crippen LogP contribution in [0.1, 0.15) is 17.3 Å². The Morgan fingerprint density at radius 2 is 2.11 bits per heavy atom. The van der Waals surface area contributed by atoms with Gasteiger partial charge in [0.15, 0.2) is 5.44 Å². The Labute approximate surface area is 115 Å². The molecule has 0 N–H and O–H groups in total. The van der Waals surface area contributed by atoms with Crippen molar-refractivity contribution in [2.24, 2.45) is 0 Å². The highest BCUT2D eigenvalue weighted by molar-refractivity contribution is 8.00. The van der Waals surface area contributed by atoms with Gasteiger partial charge in [0, 0.05) is 6.92 Å². The zero-order chi connectivity index (χ0) is 13.7. The Morgan fingerprint density at radius 1 is 1.37 bits per heavy atom. The second-order valence-electron chi connectivity index (χ2n) is 3.90. The highest BCUT2D eigenvalue weighted by Gasteiger charge is 2.29. The van der Waals surface area contributed by atoms with E-state index in [-0.39, 0.29) is 29.4 Å². The zero-order valence-corrected chi connectivity index (χ0v) is 11.2. The Morgan fingerprint density at radius 3 is 2.79 bits per heavy atom. The van der Waals surface area contributed by atoms with Gasteiger partial charge in [-0.1, -0.05) is 30.0 Å². The fourth-order valence-electron chi connectivity index (χ4n) is 1.57. The number of rotatable bonds is 4. The zero-order valence-electron chi connectivity index (χ0n) is 10.4. The maximum Gasteiger partial charge on any atom is 0.338 e. The van der Waals surface area contributed by atoms with Gasteiger partial charge in [0.25, 0.3) is 0 Å².